The highest BCUT2D eigenvalue weighted by atomic mass is 32.3. The molecule has 0 aromatic heterocycles. The van der Waals surface area contributed by atoms with Crippen LogP contribution in [0.25, 0.3) is 0 Å². The number of amides is 1. The number of carbonyl (C=O) groups is 1. The Hall–Kier alpha value is -1.42. The number of carbonyl (C=O) groups excluding carboxylic acids is 1. The Morgan fingerprint density at radius 2 is 1.01 bits per heavy atom. The lowest BCUT2D eigenvalue weighted by Gasteiger charge is -2.41. The Labute approximate surface area is 422 Å². The van der Waals surface area contributed by atoms with Gasteiger partial charge in [-0.15, -0.1) is 0 Å². The van der Waals surface area contributed by atoms with Gasteiger partial charge < -0.3 is 35.2 Å². The Kier molecular flexibility index (Phi) is 44.1. The van der Waals surface area contributed by atoms with E-state index in [9.17, 15) is 38.2 Å². The van der Waals surface area contributed by atoms with Crippen LogP contribution in [0.3, 0.4) is 0 Å². The highest BCUT2D eigenvalue weighted by Crippen LogP contribution is 2.26. The molecule has 6 N–H and O–H groups in total. The zero-order chi connectivity index (χ0) is 50.5. The highest BCUT2D eigenvalue weighted by molar-refractivity contribution is 7.80. The molecule has 1 amide bonds. The number of rotatable bonds is 50. The zero-order valence-corrected chi connectivity index (χ0v) is 45.0. The minimum absolute atomic E-state index is 0.227. The third-order valence-electron chi connectivity index (χ3n) is 13.8. The molecule has 1 heterocycles. The van der Waals surface area contributed by atoms with Crippen LogP contribution in [-0.4, -0.2) is 95.4 Å². The maximum Gasteiger partial charge on any atom is 0.397 e. The molecule has 1 rings (SSSR count). The molecule has 12 nitrogen and oxygen atoms in total. The lowest BCUT2D eigenvalue weighted by Crippen LogP contribution is -2.61. The van der Waals surface area contributed by atoms with Crippen molar-refractivity contribution >= 4 is 16.3 Å². The van der Waals surface area contributed by atoms with Crippen LogP contribution >= 0.6 is 0 Å². The molecular weight excluding hydrogens is 895 g/mol. The van der Waals surface area contributed by atoms with E-state index >= 15 is 0 Å². The summed E-state index contributed by atoms with van der Waals surface area (Å²) in [6.45, 7) is 3.39. The molecule has 1 fully saturated rings. The topological polar surface area (TPSA) is 192 Å². The maximum absolute atomic E-state index is 13.1. The molecule has 0 aliphatic carbocycles. The first kappa shape index (κ1) is 65.6. The summed E-state index contributed by atoms with van der Waals surface area (Å²) in [7, 11) is -5.08. The summed E-state index contributed by atoms with van der Waals surface area (Å²) in [5.74, 6) is -0.227. The molecule has 7 atom stereocenters. The van der Waals surface area contributed by atoms with Gasteiger partial charge in [0.25, 0.3) is 0 Å². The predicted molar refractivity (Wildman–Crippen MR) is 282 cm³/mol. The van der Waals surface area contributed by atoms with E-state index in [4.69, 9.17) is 9.47 Å². The van der Waals surface area contributed by atoms with Gasteiger partial charge in [0.2, 0.25) is 5.91 Å². The van der Waals surface area contributed by atoms with E-state index in [1.807, 2.05) is 0 Å². The van der Waals surface area contributed by atoms with E-state index in [0.717, 1.165) is 64.2 Å². The summed E-state index contributed by atoms with van der Waals surface area (Å²) in [6.07, 6.45) is 47.5. The molecule has 1 aliphatic rings. The first-order chi connectivity index (χ1) is 33.5. The highest BCUT2D eigenvalue weighted by Gasteiger charge is 2.48. The van der Waals surface area contributed by atoms with Crippen LogP contribution in [0.4, 0.5) is 0 Å². The van der Waals surface area contributed by atoms with Gasteiger partial charge in [0.15, 0.2) is 6.29 Å². The number of allylic oxidation sites excluding steroid dienone is 4. The van der Waals surface area contributed by atoms with E-state index in [-0.39, 0.29) is 12.5 Å². The molecule has 1 aliphatic heterocycles. The fourth-order valence-corrected chi connectivity index (χ4v) is 9.89. The van der Waals surface area contributed by atoms with Crippen LogP contribution < -0.4 is 5.32 Å². The SMILES string of the molecule is CC/C=C\C/C=C\CCCCCCCCCCCCCCCCC(=O)NC(COC1OC(CO)C(O)C(OS(=O)(=O)O)C1O)C(O)CCCCCCCCCCCCCCCCCCCCCCC. The van der Waals surface area contributed by atoms with E-state index in [1.54, 1.807) is 0 Å². The molecule has 0 aromatic rings. The Morgan fingerprint density at radius 3 is 1.45 bits per heavy atom. The number of nitrogens with one attached hydrogen (secondary N) is 1. The zero-order valence-electron chi connectivity index (χ0n) is 44.1. The summed E-state index contributed by atoms with van der Waals surface area (Å²) in [6, 6.07) is -0.857. The third kappa shape index (κ3) is 38.8. The van der Waals surface area contributed by atoms with Gasteiger partial charge in [-0.05, 0) is 38.5 Å². The van der Waals surface area contributed by atoms with Crippen molar-refractivity contribution in [3.63, 3.8) is 0 Å². The van der Waals surface area contributed by atoms with Gasteiger partial charge in [-0.1, -0.05) is 250 Å². The first-order valence-corrected chi connectivity index (χ1v) is 30.1. The van der Waals surface area contributed by atoms with Gasteiger partial charge in [-0.2, -0.15) is 8.42 Å². The van der Waals surface area contributed by atoms with Gasteiger partial charge in [0.05, 0.1) is 25.4 Å². The van der Waals surface area contributed by atoms with Crippen LogP contribution in [0.5, 0.6) is 0 Å². The van der Waals surface area contributed by atoms with Crippen LogP contribution in [0, 0.1) is 0 Å². The number of hydrogen-bond donors (Lipinski definition) is 6. The summed E-state index contributed by atoms with van der Waals surface area (Å²) in [5.41, 5.74) is 0. The quantitative estimate of drug-likeness (QED) is 0.0193. The molecule has 13 heteroatoms. The molecule has 0 spiro atoms. The lowest BCUT2D eigenvalue weighted by molar-refractivity contribution is -0.298. The Bertz CT molecular complexity index is 1320. The van der Waals surface area contributed by atoms with Gasteiger partial charge >= 0.3 is 10.4 Å². The number of unbranched alkanes of at least 4 members (excludes halogenated alkanes) is 34. The van der Waals surface area contributed by atoms with Crippen molar-refractivity contribution in [3.05, 3.63) is 24.3 Å². The molecule has 408 valence electrons. The van der Waals surface area contributed by atoms with Crippen LogP contribution in [0.15, 0.2) is 24.3 Å². The molecule has 69 heavy (non-hydrogen) atoms. The van der Waals surface area contributed by atoms with Crippen molar-refractivity contribution in [3.8, 4) is 0 Å². The molecule has 0 aromatic carbocycles. The summed E-state index contributed by atoms with van der Waals surface area (Å²) in [4.78, 5) is 13.1. The maximum atomic E-state index is 13.1. The fourth-order valence-electron chi connectivity index (χ4n) is 9.38. The van der Waals surface area contributed by atoms with E-state index in [2.05, 4.69) is 47.7 Å². The van der Waals surface area contributed by atoms with Gasteiger partial charge in [0.1, 0.15) is 24.4 Å². The number of aliphatic hydroxyl groups excluding tert-OH is 4. The number of hydrogen-bond acceptors (Lipinski definition) is 10. The number of ether oxygens (including phenoxy) is 2. The minimum Gasteiger partial charge on any atom is -0.394 e. The third-order valence-corrected chi connectivity index (χ3v) is 14.2. The fraction of sp³-hybridized carbons (Fsp3) is 0.911. The Morgan fingerprint density at radius 1 is 0.594 bits per heavy atom. The molecular formula is C56H107NO11S. The second kappa shape index (κ2) is 46.4. The van der Waals surface area contributed by atoms with Crippen molar-refractivity contribution in [1.29, 1.82) is 0 Å². The van der Waals surface area contributed by atoms with Crippen molar-refractivity contribution in [1.82, 2.24) is 5.32 Å². The van der Waals surface area contributed by atoms with Gasteiger partial charge in [0, 0.05) is 6.42 Å². The standard InChI is InChI=1S/C56H107NO11S/c1-3-5-7-9-11-13-15-17-19-21-23-25-27-29-31-33-35-37-39-41-43-45-50(59)49(48-66-56-54(62)55(68-69(63,64)65)53(61)51(47-58)67-56)57-52(60)46-44-42-40-38-36-34-32-30-28-26-24-22-20-18-16-14-12-10-8-6-4-2/h6,8,12,14,49-51,53-56,58-59,61-62H,3-5,7,9-11,13,15-48H2,1-2H3,(H,57,60)(H,63,64,65)/b8-6-,14-12-. The second-order valence-corrected chi connectivity index (χ2v) is 21.3. The first-order valence-electron chi connectivity index (χ1n) is 28.7. The minimum atomic E-state index is -5.08. The average Bonchev–Trinajstić information content (AvgIpc) is 3.32. The Balaban J connectivity index is 2.35. The van der Waals surface area contributed by atoms with Crippen molar-refractivity contribution in [2.75, 3.05) is 13.2 Å². The second-order valence-electron chi connectivity index (χ2n) is 20.2. The smallest absolute Gasteiger partial charge is 0.394 e. The summed E-state index contributed by atoms with van der Waals surface area (Å²) >= 11 is 0. The van der Waals surface area contributed by atoms with E-state index < -0.39 is 59.9 Å². The van der Waals surface area contributed by atoms with Crippen LogP contribution in [0.1, 0.15) is 271 Å². The van der Waals surface area contributed by atoms with Gasteiger partial charge in [-0.25, -0.2) is 4.18 Å². The molecule has 0 radical (unpaired) electrons. The van der Waals surface area contributed by atoms with Crippen molar-refractivity contribution in [2.24, 2.45) is 0 Å². The predicted octanol–water partition coefficient (Wildman–Crippen LogP) is 13.2. The molecule has 1 saturated heterocycles. The normalized spacial score (nSPS) is 19.8. The summed E-state index contributed by atoms with van der Waals surface area (Å²) < 4.78 is 47.9. The monoisotopic (exact) mass is 1000 g/mol. The molecule has 0 bridgehead atoms. The van der Waals surface area contributed by atoms with Crippen LogP contribution in [0.2, 0.25) is 0 Å². The van der Waals surface area contributed by atoms with Crippen molar-refractivity contribution < 1.29 is 51.8 Å². The largest absolute Gasteiger partial charge is 0.397 e. The average molecular weight is 1000 g/mol. The molecule has 7 unspecified atom stereocenters. The lowest BCUT2D eigenvalue weighted by atomic mass is 9.99. The number of aliphatic hydroxyl groups is 4. The summed E-state index contributed by atoms with van der Waals surface area (Å²) in [5, 5.41) is 45.1. The van der Waals surface area contributed by atoms with E-state index in [0.29, 0.717) is 12.8 Å². The van der Waals surface area contributed by atoms with Crippen LogP contribution in [-0.2, 0) is 28.9 Å². The van der Waals surface area contributed by atoms with Crippen molar-refractivity contribution in [2.45, 2.75) is 314 Å². The van der Waals surface area contributed by atoms with Gasteiger partial charge in [-0.3, -0.25) is 9.35 Å². The van der Waals surface area contributed by atoms with E-state index in [1.165, 1.54) is 180 Å². The molecule has 0 saturated carbocycles.